The zero-order chi connectivity index (χ0) is 43.5. The molecule has 0 aromatic carbocycles. The molecule has 8 amide bonds. The van der Waals surface area contributed by atoms with Gasteiger partial charge in [-0.15, -0.1) is 0 Å². The molecule has 8 atom stereocenters. The summed E-state index contributed by atoms with van der Waals surface area (Å²) in [5, 5.41) is 18.1. The van der Waals surface area contributed by atoms with Gasteiger partial charge in [-0.3, -0.25) is 38.4 Å². The van der Waals surface area contributed by atoms with Crippen LogP contribution >= 0.6 is 0 Å². The minimum atomic E-state index is -1.18. The number of hydrogen-bond acceptors (Lipinski definition) is 13. The fourth-order valence-corrected chi connectivity index (χ4v) is 5.40. The van der Waals surface area contributed by atoms with Crippen LogP contribution in [0.15, 0.2) is 0 Å². The Kier molecular flexibility index (Phi) is 27.4. The van der Waals surface area contributed by atoms with E-state index in [2.05, 4.69) is 37.2 Å². The normalized spacial score (nSPS) is 15.2. The lowest BCUT2D eigenvalue weighted by atomic mass is 10.1. The molecule has 0 saturated carbocycles. The maximum Gasteiger partial charge on any atom is 0.243 e. The topological polar surface area (TPSA) is 377 Å². The third kappa shape index (κ3) is 22.2. The van der Waals surface area contributed by atoms with Gasteiger partial charge in [0.15, 0.2) is 0 Å². The summed E-state index contributed by atoms with van der Waals surface area (Å²) in [5.41, 5.74) is 33.4. The number of carbonyl (C=O) groups is 8. The molecule has 328 valence electrons. The zero-order valence-corrected chi connectivity index (χ0v) is 34.2. The van der Waals surface area contributed by atoms with Crippen molar-refractivity contribution in [3.63, 3.8) is 0 Å². The van der Waals surface area contributed by atoms with Gasteiger partial charge >= 0.3 is 0 Å². The van der Waals surface area contributed by atoms with E-state index < -0.39 is 95.6 Å². The van der Waals surface area contributed by atoms with Gasteiger partial charge in [-0.25, -0.2) is 0 Å². The van der Waals surface area contributed by atoms with E-state index in [9.17, 15) is 38.4 Å². The van der Waals surface area contributed by atoms with E-state index in [4.69, 9.17) is 34.4 Å². The first-order chi connectivity index (χ1) is 26.9. The molecule has 21 heteroatoms. The second kappa shape index (κ2) is 29.8. The lowest BCUT2D eigenvalue weighted by molar-refractivity contribution is -0.135. The van der Waals surface area contributed by atoms with Gasteiger partial charge in [-0.2, -0.15) is 0 Å². The molecule has 0 aliphatic carbocycles. The highest BCUT2D eigenvalue weighted by Crippen LogP contribution is 2.07. The highest BCUT2D eigenvalue weighted by Gasteiger charge is 2.31. The van der Waals surface area contributed by atoms with Crippen LogP contribution < -0.4 is 71.6 Å². The van der Waals surface area contributed by atoms with Crippen LogP contribution in [0, 0.1) is 0 Å². The van der Waals surface area contributed by atoms with Gasteiger partial charge in [0.1, 0.15) is 42.3 Å². The van der Waals surface area contributed by atoms with Gasteiger partial charge in [-0.1, -0.05) is 0 Å². The van der Waals surface area contributed by atoms with E-state index >= 15 is 0 Å². The molecule has 0 rings (SSSR count). The van der Waals surface area contributed by atoms with Gasteiger partial charge in [0.25, 0.3) is 0 Å². The van der Waals surface area contributed by atoms with Crippen LogP contribution in [-0.4, -0.2) is 122 Å². The Morgan fingerprint density at radius 1 is 0.368 bits per heavy atom. The smallest absolute Gasteiger partial charge is 0.243 e. The van der Waals surface area contributed by atoms with Crippen molar-refractivity contribution in [3.8, 4) is 0 Å². The van der Waals surface area contributed by atoms with Crippen LogP contribution in [0.3, 0.4) is 0 Å². The Morgan fingerprint density at radius 2 is 0.614 bits per heavy atom. The fourth-order valence-electron chi connectivity index (χ4n) is 5.40. The van der Waals surface area contributed by atoms with Gasteiger partial charge < -0.3 is 71.6 Å². The first-order valence-corrected chi connectivity index (χ1v) is 19.9. The summed E-state index contributed by atoms with van der Waals surface area (Å²) in [6.45, 7) is 7.18. The quantitative estimate of drug-likeness (QED) is 0.0296. The summed E-state index contributed by atoms with van der Waals surface area (Å²) in [7, 11) is 0. The average Bonchev–Trinajstić information content (AvgIpc) is 3.15. The van der Waals surface area contributed by atoms with Crippen molar-refractivity contribution in [2.24, 2.45) is 34.4 Å². The summed E-state index contributed by atoms with van der Waals surface area (Å²) in [4.78, 5) is 103. The summed E-state index contributed by atoms with van der Waals surface area (Å²) < 4.78 is 0. The molecule has 0 aliphatic heterocycles. The number of unbranched alkanes of at least 4 members (excludes halogenated alkanes) is 4. The Balaban J connectivity index is 5.72. The maximum absolute atomic E-state index is 13.5. The van der Waals surface area contributed by atoms with E-state index in [1.807, 2.05) is 0 Å². The molecular weight excluding hydrogens is 742 g/mol. The first kappa shape index (κ1) is 52.6. The van der Waals surface area contributed by atoms with E-state index in [0.717, 1.165) is 0 Å². The van der Waals surface area contributed by atoms with Crippen LogP contribution in [0.4, 0.5) is 0 Å². The molecule has 0 aromatic heterocycles. The molecule has 0 radical (unpaired) electrons. The van der Waals surface area contributed by atoms with Gasteiger partial charge in [0, 0.05) is 0 Å². The van der Waals surface area contributed by atoms with Gasteiger partial charge in [0.05, 0.1) is 6.04 Å². The van der Waals surface area contributed by atoms with Crippen molar-refractivity contribution in [3.05, 3.63) is 0 Å². The van der Waals surface area contributed by atoms with E-state index in [1.54, 1.807) is 0 Å². The number of nitrogens with one attached hydrogen (secondary N) is 7. The van der Waals surface area contributed by atoms with Crippen molar-refractivity contribution in [1.29, 1.82) is 0 Å². The Labute approximate surface area is 336 Å². The van der Waals surface area contributed by atoms with Gasteiger partial charge in [0.2, 0.25) is 47.3 Å². The second-order valence-electron chi connectivity index (χ2n) is 14.3. The standard InChI is InChI=1S/C36H71N13O8/c1-21(41)30(51)47-26(14-6-10-18-38)34(55)44-23(3)32(53)49-28(16-8-12-20-40)36(57)45-24(4)33(54)48-27(15-7-11-19-39)35(56)43-22(2)31(52)46-25(29(42)50)13-5-9-17-37/h21-28H,5-20,37-41H2,1-4H3,(H2,42,50)(H,43,56)(H,44,55)(H,45,57)(H,46,52)(H,47,51)(H,48,54)(H,49,53)/t21-,22-,23-,24-,25-,26-,27-,28-/m0/s1. The summed E-state index contributed by atoms with van der Waals surface area (Å²) in [5.74, 6) is -5.33. The van der Waals surface area contributed by atoms with Crippen molar-refractivity contribution >= 4 is 47.3 Å². The third-order valence-electron chi connectivity index (χ3n) is 9.02. The van der Waals surface area contributed by atoms with Crippen LogP contribution in [-0.2, 0) is 38.4 Å². The molecule has 0 heterocycles. The molecule has 0 unspecified atom stereocenters. The van der Waals surface area contributed by atoms with Crippen molar-refractivity contribution in [2.45, 2.75) is 153 Å². The van der Waals surface area contributed by atoms with Crippen molar-refractivity contribution in [2.75, 3.05) is 26.2 Å². The number of nitrogens with two attached hydrogens (primary N) is 6. The molecule has 0 aromatic rings. The minimum Gasteiger partial charge on any atom is -0.368 e. The lowest BCUT2D eigenvalue weighted by Gasteiger charge is -2.26. The highest BCUT2D eigenvalue weighted by atomic mass is 16.2. The lowest BCUT2D eigenvalue weighted by Crippen LogP contribution is -2.59. The molecular formula is C36H71N13O8. The van der Waals surface area contributed by atoms with E-state index in [1.165, 1.54) is 27.7 Å². The molecule has 0 fully saturated rings. The van der Waals surface area contributed by atoms with Gasteiger partial charge in [-0.05, 0) is 131 Å². The minimum absolute atomic E-state index is 0.156. The van der Waals surface area contributed by atoms with Crippen molar-refractivity contribution < 1.29 is 38.4 Å². The molecule has 19 N–H and O–H groups in total. The number of hydrogen-bond donors (Lipinski definition) is 13. The number of rotatable bonds is 31. The maximum atomic E-state index is 13.5. The monoisotopic (exact) mass is 814 g/mol. The predicted molar refractivity (Wildman–Crippen MR) is 215 cm³/mol. The van der Waals surface area contributed by atoms with Crippen LogP contribution in [0.5, 0.6) is 0 Å². The predicted octanol–water partition coefficient (Wildman–Crippen LogP) is -4.21. The molecule has 0 spiro atoms. The number of primary amides is 1. The third-order valence-corrected chi connectivity index (χ3v) is 9.02. The van der Waals surface area contributed by atoms with Crippen LogP contribution in [0.2, 0.25) is 0 Å². The molecule has 0 bridgehead atoms. The Morgan fingerprint density at radius 3 is 0.860 bits per heavy atom. The summed E-state index contributed by atoms with van der Waals surface area (Å²) in [6, 6.07) is -8.43. The van der Waals surface area contributed by atoms with Crippen LogP contribution in [0.1, 0.15) is 105 Å². The fraction of sp³-hybridized carbons (Fsp3) is 0.778. The summed E-state index contributed by atoms with van der Waals surface area (Å²) >= 11 is 0. The molecule has 21 nitrogen and oxygen atoms in total. The Bertz CT molecular complexity index is 1290. The molecule has 57 heavy (non-hydrogen) atoms. The second-order valence-corrected chi connectivity index (χ2v) is 14.3. The van der Waals surface area contributed by atoms with E-state index in [0.29, 0.717) is 77.5 Å². The SMILES string of the molecule is C[C@H](N)C(=O)N[C@@H](CCCCN)C(=O)N[C@@H](C)C(=O)N[C@@H](CCCCN)C(=O)N[C@@H](C)C(=O)N[C@@H](CCCCN)C(=O)N[C@@H](C)C(=O)N[C@@H](CCCCN)C(N)=O. The molecule has 0 aliphatic rings. The van der Waals surface area contributed by atoms with Crippen LogP contribution in [0.25, 0.3) is 0 Å². The average molecular weight is 814 g/mol. The highest BCUT2D eigenvalue weighted by molar-refractivity contribution is 5.97. The number of amides is 8. The summed E-state index contributed by atoms with van der Waals surface area (Å²) in [6.07, 6.45) is 5.19. The first-order valence-electron chi connectivity index (χ1n) is 19.9. The van der Waals surface area contributed by atoms with Crippen molar-refractivity contribution in [1.82, 2.24) is 37.2 Å². The zero-order valence-electron chi connectivity index (χ0n) is 34.2. The largest absolute Gasteiger partial charge is 0.368 e. The van der Waals surface area contributed by atoms with E-state index in [-0.39, 0.29) is 25.7 Å². The Hall–Kier alpha value is -4.44. The molecule has 0 saturated heterocycles. The number of carbonyl (C=O) groups excluding carboxylic acids is 8.